The molecule has 0 unspecified atom stereocenters. The molecule has 2 aromatic heterocycles. The normalized spacial score (nSPS) is 11.0. The lowest BCUT2D eigenvalue weighted by molar-refractivity contribution is -0.124. The summed E-state index contributed by atoms with van der Waals surface area (Å²) < 4.78 is 13.0. The Kier molecular flexibility index (Phi) is 6.10. The van der Waals surface area contributed by atoms with Crippen LogP contribution >= 0.6 is 0 Å². The van der Waals surface area contributed by atoms with Crippen molar-refractivity contribution in [2.75, 3.05) is 13.6 Å². The quantitative estimate of drug-likeness (QED) is 0.650. The molecule has 3 rings (SSSR count). The molecule has 0 spiro atoms. The number of hydrogen-bond acceptors (Lipinski definition) is 3. The highest BCUT2D eigenvalue weighted by Gasteiger charge is 2.07. The number of H-pyrrole nitrogens is 1. The Balaban J connectivity index is 1.47. The summed E-state index contributed by atoms with van der Waals surface area (Å²) in [5.74, 6) is -0.323. The van der Waals surface area contributed by atoms with Gasteiger partial charge in [0.15, 0.2) is 0 Å². The van der Waals surface area contributed by atoms with Gasteiger partial charge in [0.25, 0.3) is 0 Å². The van der Waals surface area contributed by atoms with Crippen LogP contribution in [0.15, 0.2) is 60.8 Å². The number of nitrogens with zero attached hydrogens (tertiary/aromatic N) is 3. The number of aryl methyl sites for hydroxylation is 1. The smallest absolute Gasteiger partial charge is 0.246 e. The number of rotatable bonds is 7. The van der Waals surface area contributed by atoms with Gasteiger partial charge in [0, 0.05) is 37.1 Å². The average Bonchev–Trinajstić information content (AvgIpc) is 3.16. The number of aromatic amines is 1. The summed E-state index contributed by atoms with van der Waals surface area (Å²) in [6.07, 6.45) is 6.52. The molecule has 0 fully saturated rings. The Morgan fingerprint density at radius 3 is 2.78 bits per heavy atom. The highest BCUT2D eigenvalue weighted by molar-refractivity contribution is 5.91. The van der Waals surface area contributed by atoms with E-state index in [9.17, 15) is 9.18 Å². The summed E-state index contributed by atoms with van der Waals surface area (Å²) in [4.78, 5) is 18.0. The molecule has 0 aliphatic rings. The zero-order chi connectivity index (χ0) is 19.1. The number of nitrogens with one attached hydrogen (secondary N) is 1. The lowest BCUT2D eigenvalue weighted by atomic mass is 10.1. The van der Waals surface area contributed by atoms with Gasteiger partial charge in [0.2, 0.25) is 5.91 Å². The molecule has 3 aromatic rings. The van der Waals surface area contributed by atoms with Gasteiger partial charge in [-0.3, -0.25) is 14.9 Å². The van der Waals surface area contributed by atoms with Crippen LogP contribution in [-0.2, 0) is 11.2 Å². The molecule has 1 amide bonds. The van der Waals surface area contributed by atoms with E-state index in [4.69, 9.17) is 0 Å². The van der Waals surface area contributed by atoms with E-state index in [2.05, 4.69) is 15.2 Å². The third kappa shape index (κ3) is 5.34. The highest BCUT2D eigenvalue weighted by Crippen LogP contribution is 2.18. The van der Waals surface area contributed by atoms with Gasteiger partial charge in [0.05, 0.1) is 11.4 Å². The number of pyridine rings is 1. The minimum Gasteiger partial charge on any atom is -0.342 e. The highest BCUT2D eigenvalue weighted by atomic mass is 19.1. The van der Waals surface area contributed by atoms with Crippen LogP contribution in [0.3, 0.4) is 0 Å². The van der Waals surface area contributed by atoms with Crippen LogP contribution in [0.4, 0.5) is 4.39 Å². The fourth-order valence-corrected chi connectivity index (χ4v) is 2.63. The van der Waals surface area contributed by atoms with E-state index in [1.54, 1.807) is 36.4 Å². The maximum absolute atomic E-state index is 13.0. The fourth-order valence-electron chi connectivity index (χ4n) is 2.63. The monoisotopic (exact) mass is 364 g/mol. The summed E-state index contributed by atoms with van der Waals surface area (Å²) in [5, 5.41) is 7.26. The SMILES string of the molecule is CN(CCCc1cc(-c2ccc(F)cc2)n[nH]1)C(=O)/C=C/c1ccccn1. The van der Waals surface area contributed by atoms with Gasteiger partial charge >= 0.3 is 0 Å². The summed E-state index contributed by atoms with van der Waals surface area (Å²) in [6.45, 7) is 0.635. The van der Waals surface area contributed by atoms with E-state index in [0.717, 1.165) is 35.5 Å². The van der Waals surface area contributed by atoms with Crippen LogP contribution in [0.5, 0.6) is 0 Å². The van der Waals surface area contributed by atoms with Crippen LogP contribution < -0.4 is 0 Å². The van der Waals surface area contributed by atoms with Crippen molar-refractivity contribution in [2.24, 2.45) is 0 Å². The molecule has 0 saturated carbocycles. The van der Waals surface area contributed by atoms with Crippen molar-refractivity contribution in [3.05, 3.63) is 78.0 Å². The second kappa shape index (κ2) is 8.89. The van der Waals surface area contributed by atoms with Crippen LogP contribution in [-0.4, -0.2) is 39.6 Å². The van der Waals surface area contributed by atoms with Crippen LogP contribution in [0.1, 0.15) is 17.8 Å². The summed E-state index contributed by atoms with van der Waals surface area (Å²) in [7, 11) is 1.78. The third-order valence-corrected chi connectivity index (χ3v) is 4.17. The van der Waals surface area contributed by atoms with Crippen LogP contribution in [0, 0.1) is 5.82 Å². The molecule has 1 N–H and O–H groups in total. The van der Waals surface area contributed by atoms with Crippen molar-refractivity contribution in [2.45, 2.75) is 12.8 Å². The van der Waals surface area contributed by atoms with Crippen molar-refractivity contribution in [1.82, 2.24) is 20.1 Å². The predicted octanol–water partition coefficient (Wildman–Crippen LogP) is 3.72. The number of aromatic nitrogens is 3. The zero-order valence-corrected chi connectivity index (χ0v) is 15.1. The van der Waals surface area contributed by atoms with Gasteiger partial charge in [0.1, 0.15) is 5.82 Å². The van der Waals surface area contributed by atoms with Crippen LogP contribution in [0.2, 0.25) is 0 Å². The van der Waals surface area contributed by atoms with Gasteiger partial charge in [-0.15, -0.1) is 0 Å². The van der Waals surface area contributed by atoms with Gasteiger partial charge in [-0.2, -0.15) is 5.10 Å². The Hall–Kier alpha value is -3.28. The standard InChI is InChI=1S/C21H21FN4O/c1-26(21(27)12-11-18-5-2-3-13-23-18)14-4-6-19-15-20(25-24-19)16-7-9-17(22)10-8-16/h2-3,5,7-13,15H,4,6,14H2,1H3,(H,24,25)/b12-11+. The Morgan fingerprint density at radius 2 is 2.04 bits per heavy atom. The predicted molar refractivity (Wildman–Crippen MR) is 103 cm³/mol. The second-order valence-electron chi connectivity index (χ2n) is 6.24. The molecule has 6 heteroatoms. The summed E-state index contributed by atoms with van der Waals surface area (Å²) in [6, 6.07) is 13.8. The lowest BCUT2D eigenvalue weighted by Crippen LogP contribution is -2.26. The number of benzene rings is 1. The van der Waals surface area contributed by atoms with Crippen molar-refractivity contribution in [1.29, 1.82) is 0 Å². The van der Waals surface area contributed by atoms with E-state index in [1.165, 1.54) is 18.2 Å². The van der Waals surface area contributed by atoms with Crippen molar-refractivity contribution >= 4 is 12.0 Å². The zero-order valence-electron chi connectivity index (χ0n) is 15.1. The number of halogens is 1. The molecule has 0 saturated heterocycles. The van der Waals surface area contributed by atoms with E-state index in [1.807, 2.05) is 24.3 Å². The molecule has 0 aliphatic heterocycles. The number of hydrogen-bond donors (Lipinski definition) is 1. The van der Waals surface area contributed by atoms with E-state index in [0.29, 0.717) is 6.54 Å². The van der Waals surface area contributed by atoms with Crippen molar-refractivity contribution in [3.8, 4) is 11.3 Å². The van der Waals surface area contributed by atoms with Gasteiger partial charge in [-0.25, -0.2) is 4.39 Å². The summed E-state index contributed by atoms with van der Waals surface area (Å²) >= 11 is 0. The Morgan fingerprint density at radius 1 is 1.22 bits per heavy atom. The molecule has 2 heterocycles. The molecule has 138 valence electrons. The minimum atomic E-state index is -0.265. The second-order valence-corrected chi connectivity index (χ2v) is 6.24. The molecule has 1 aromatic carbocycles. The molecule has 27 heavy (non-hydrogen) atoms. The number of carbonyl (C=O) groups is 1. The number of likely N-dealkylation sites (N-methyl/N-ethyl adjacent to an activating group) is 1. The Bertz CT molecular complexity index is 903. The molecule has 0 radical (unpaired) electrons. The first-order chi connectivity index (χ1) is 13.1. The fraction of sp³-hybridized carbons (Fsp3) is 0.190. The maximum Gasteiger partial charge on any atom is 0.246 e. The van der Waals surface area contributed by atoms with E-state index >= 15 is 0 Å². The van der Waals surface area contributed by atoms with Gasteiger partial charge in [-0.1, -0.05) is 6.07 Å². The molecule has 0 atom stereocenters. The molecule has 0 bridgehead atoms. The lowest BCUT2D eigenvalue weighted by Gasteiger charge is -2.14. The average molecular weight is 364 g/mol. The van der Waals surface area contributed by atoms with E-state index < -0.39 is 0 Å². The van der Waals surface area contributed by atoms with E-state index in [-0.39, 0.29) is 11.7 Å². The minimum absolute atomic E-state index is 0.0581. The first-order valence-electron chi connectivity index (χ1n) is 8.76. The van der Waals surface area contributed by atoms with Gasteiger partial charge < -0.3 is 4.90 Å². The largest absolute Gasteiger partial charge is 0.342 e. The molecular weight excluding hydrogens is 343 g/mol. The van der Waals surface area contributed by atoms with Crippen molar-refractivity contribution in [3.63, 3.8) is 0 Å². The topological polar surface area (TPSA) is 61.9 Å². The number of amides is 1. The number of carbonyl (C=O) groups excluding carboxylic acids is 1. The Labute approximate surface area is 157 Å². The molecular formula is C21H21FN4O. The van der Waals surface area contributed by atoms with Crippen LogP contribution in [0.25, 0.3) is 17.3 Å². The third-order valence-electron chi connectivity index (χ3n) is 4.17. The molecule has 0 aliphatic carbocycles. The first kappa shape index (κ1) is 18.5. The van der Waals surface area contributed by atoms with Crippen molar-refractivity contribution < 1.29 is 9.18 Å². The first-order valence-corrected chi connectivity index (χ1v) is 8.76. The van der Waals surface area contributed by atoms with Gasteiger partial charge in [-0.05, 0) is 61.4 Å². The summed E-state index contributed by atoms with van der Waals surface area (Å²) in [5.41, 5.74) is 3.39. The molecule has 5 nitrogen and oxygen atoms in total. The maximum atomic E-state index is 13.0.